The fourth-order valence-electron chi connectivity index (χ4n) is 3.50. The van der Waals surface area contributed by atoms with Gasteiger partial charge in [0.2, 0.25) is 5.91 Å². The summed E-state index contributed by atoms with van der Waals surface area (Å²) in [5, 5.41) is 3.06. The molecule has 0 bridgehead atoms. The van der Waals surface area contributed by atoms with Crippen molar-refractivity contribution in [2.24, 2.45) is 4.99 Å². The van der Waals surface area contributed by atoms with E-state index >= 15 is 0 Å². The molecule has 1 saturated carbocycles. The number of hydrogen-bond donors (Lipinski definition) is 2. The van der Waals surface area contributed by atoms with Crippen molar-refractivity contribution in [2.75, 3.05) is 19.6 Å². The Bertz CT molecular complexity index is 817. The molecule has 0 radical (unpaired) electrons. The monoisotopic (exact) mass is 362 g/mol. The Labute approximate surface area is 147 Å². The second-order valence-corrected chi connectivity index (χ2v) is 8.51. The highest BCUT2D eigenvalue weighted by atomic mass is 32.2. The molecule has 2 aliphatic heterocycles. The number of hydrogen-bond acceptors (Lipinski definition) is 5. The zero-order valence-electron chi connectivity index (χ0n) is 13.9. The number of likely N-dealkylation sites (tertiary alicyclic amines) is 1. The van der Waals surface area contributed by atoms with Crippen LogP contribution in [0.5, 0.6) is 0 Å². The molecule has 3 aliphatic rings. The number of sulfonamides is 1. The minimum absolute atomic E-state index is 0.0267. The lowest BCUT2D eigenvalue weighted by Crippen LogP contribution is -2.37. The smallest absolute Gasteiger partial charge is 0.263 e. The van der Waals surface area contributed by atoms with E-state index in [0.717, 1.165) is 25.6 Å². The number of rotatable bonds is 5. The van der Waals surface area contributed by atoms with Crippen LogP contribution in [0.2, 0.25) is 0 Å². The van der Waals surface area contributed by atoms with E-state index in [1.165, 1.54) is 12.8 Å². The Morgan fingerprint density at radius 2 is 2.08 bits per heavy atom. The van der Waals surface area contributed by atoms with E-state index in [4.69, 9.17) is 0 Å². The maximum Gasteiger partial charge on any atom is 0.263 e. The minimum Gasteiger partial charge on any atom is -0.352 e. The van der Waals surface area contributed by atoms with Crippen molar-refractivity contribution in [2.45, 2.75) is 42.7 Å². The molecule has 25 heavy (non-hydrogen) atoms. The summed E-state index contributed by atoms with van der Waals surface area (Å²) in [5.41, 5.74) is 0.568. The van der Waals surface area contributed by atoms with Crippen LogP contribution in [0.4, 0.5) is 0 Å². The lowest BCUT2D eigenvalue weighted by molar-refractivity contribution is -0.121. The van der Waals surface area contributed by atoms with Gasteiger partial charge in [-0.05, 0) is 31.4 Å². The van der Waals surface area contributed by atoms with Crippen LogP contribution in [0.3, 0.4) is 0 Å². The molecule has 134 valence electrons. The Balaban J connectivity index is 1.30. The molecule has 0 aromatic heterocycles. The molecule has 8 heteroatoms. The average molecular weight is 362 g/mol. The normalized spacial score (nSPS) is 26.4. The number of fused-ring (bicyclic) bond motifs is 1. The zero-order chi connectivity index (χ0) is 17.4. The van der Waals surface area contributed by atoms with Crippen LogP contribution in [-0.2, 0) is 14.8 Å². The van der Waals surface area contributed by atoms with Gasteiger partial charge in [0.15, 0.2) is 0 Å². The Kier molecular flexibility index (Phi) is 4.24. The molecular weight excluding hydrogens is 340 g/mol. The molecule has 2 heterocycles. The fourth-order valence-corrected chi connectivity index (χ4v) is 4.75. The fraction of sp³-hybridized carbons (Fsp3) is 0.529. The maximum absolute atomic E-state index is 12.1. The third-order valence-electron chi connectivity index (χ3n) is 4.92. The first-order chi connectivity index (χ1) is 12.0. The maximum atomic E-state index is 12.1. The first-order valence-electron chi connectivity index (χ1n) is 8.73. The first-order valence-corrected chi connectivity index (χ1v) is 10.2. The molecule has 7 nitrogen and oxygen atoms in total. The lowest BCUT2D eigenvalue weighted by atomic mass is 10.2. The van der Waals surface area contributed by atoms with Gasteiger partial charge in [0.25, 0.3) is 10.0 Å². The van der Waals surface area contributed by atoms with E-state index in [1.54, 1.807) is 24.3 Å². The van der Waals surface area contributed by atoms with Crippen LogP contribution in [0.25, 0.3) is 0 Å². The van der Waals surface area contributed by atoms with Gasteiger partial charge in [-0.3, -0.25) is 19.4 Å². The van der Waals surface area contributed by atoms with Gasteiger partial charge in [-0.15, -0.1) is 0 Å². The van der Waals surface area contributed by atoms with Crippen LogP contribution >= 0.6 is 0 Å². The predicted molar refractivity (Wildman–Crippen MR) is 93.9 cm³/mol. The van der Waals surface area contributed by atoms with Gasteiger partial charge in [-0.1, -0.05) is 12.1 Å². The third kappa shape index (κ3) is 3.55. The summed E-state index contributed by atoms with van der Waals surface area (Å²) in [7, 11) is -3.52. The topological polar surface area (TPSA) is 90.9 Å². The quantitative estimate of drug-likeness (QED) is 0.797. The standard InChI is InChI=1S/C17H22N4O3S/c22-16(19-12-8-10-21(11-12)13-5-6-13)7-9-18-17-14-3-1-2-4-15(14)25(23,24)20-17/h1-4,12-13H,5-11H2,(H,18,20)(H,19,22). The molecule has 2 fully saturated rings. The van der Waals surface area contributed by atoms with Gasteiger partial charge in [0.1, 0.15) is 5.84 Å². The van der Waals surface area contributed by atoms with Crippen LogP contribution in [0, 0.1) is 0 Å². The summed E-state index contributed by atoms with van der Waals surface area (Å²) in [6.45, 7) is 2.27. The molecule has 2 N–H and O–H groups in total. The van der Waals surface area contributed by atoms with Crippen LogP contribution in [0.15, 0.2) is 34.2 Å². The second-order valence-electron chi connectivity index (χ2n) is 6.86. The lowest BCUT2D eigenvalue weighted by Gasteiger charge is -2.15. The van der Waals surface area contributed by atoms with E-state index in [9.17, 15) is 13.2 Å². The van der Waals surface area contributed by atoms with Crippen LogP contribution < -0.4 is 10.0 Å². The van der Waals surface area contributed by atoms with E-state index in [-0.39, 0.29) is 29.8 Å². The van der Waals surface area contributed by atoms with Gasteiger partial charge >= 0.3 is 0 Å². The van der Waals surface area contributed by atoms with Crippen molar-refractivity contribution in [3.05, 3.63) is 29.8 Å². The molecule has 1 atom stereocenters. The van der Waals surface area contributed by atoms with Crippen molar-refractivity contribution in [3.63, 3.8) is 0 Å². The number of nitrogens with zero attached hydrogens (tertiary/aromatic N) is 2. The number of nitrogens with one attached hydrogen (secondary N) is 2. The summed E-state index contributed by atoms with van der Waals surface area (Å²) in [6.07, 6.45) is 3.84. The Hall–Kier alpha value is -1.93. The first kappa shape index (κ1) is 16.5. The number of amides is 1. The van der Waals surface area contributed by atoms with Gasteiger partial charge in [0.05, 0.1) is 11.4 Å². The number of aliphatic imine (C=N–C) groups is 1. The molecular formula is C17H22N4O3S. The number of carbonyl (C=O) groups excluding carboxylic acids is 1. The third-order valence-corrected chi connectivity index (χ3v) is 6.32. The second kappa shape index (κ2) is 6.42. The molecule has 1 unspecified atom stereocenters. The van der Waals surface area contributed by atoms with Crippen LogP contribution in [-0.4, -0.2) is 56.8 Å². The van der Waals surface area contributed by atoms with Crippen molar-refractivity contribution in [3.8, 4) is 0 Å². The Morgan fingerprint density at radius 1 is 1.28 bits per heavy atom. The van der Waals surface area contributed by atoms with Gasteiger partial charge < -0.3 is 5.32 Å². The summed E-state index contributed by atoms with van der Waals surface area (Å²) in [4.78, 5) is 19.1. The number of amidine groups is 1. The summed E-state index contributed by atoms with van der Waals surface area (Å²) in [6, 6.07) is 7.70. The Morgan fingerprint density at radius 3 is 2.88 bits per heavy atom. The molecule has 1 aromatic rings. The van der Waals surface area contributed by atoms with Crippen molar-refractivity contribution in [1.29, 1.82) is 0 Å². The minimum atomic E-state index is -3.52. The SMILES string of the molecule is O=C(CCN=C1NS(=O)(=O)c2ccccc21)NC1CCN(C2CC2)C1. The average Bonchev–Trinajstić information content (AvgIpc) is 3.27. The van der Waals surface area contributed by atoms with Gasteiger partial charge in [-0.25, -0.2) is 8.42 Å². The van der Waals surface area contributed by atoms with Gasteiger partial charge in [-0.2, -0.15) is 0 Å². The number of carbonyl (C=O) groups is 1. The largest absolute Gasteiger partial charge is 0.352 e. The highest BCUT2D eigenvalue weighted by molar-refractivity contribution is 7.90. The van der Waals surface area contributed by atoms with E-state index in [0.29, 0.717) is 11.4 Å². The van der Waals surface area contributed by atoms with E-state index in [2.05, 4.69) is 19.9 Å². The van der Waals surface area contributed by atoms with E-state index in [1.807, 2.05) is 0 Å². The van der Waals surface area contributed by atoms with E-state index < -0.39 is 10.0 Å². The number of benzene rings is 1. The van der Waals surface area contributed by atoms with Crippen molar-refractivity contribution in [1.82, 2.24) is 14.9 Å². The highest BCUT2D eigenvalue weighted by Gasteiger charge is 2.34. The van der Waals surface area contributed by atoms with Crippen molar-refractivity contribution >= 4 is 21.8 Å². The molecule has 1 aromatic carbocycles. The molecule has 1 saturated heterocycles. The zero-order valence-corrected chi connectivity index (χ0v) is 14.8. The predicted octanol–water partition coefficient (Wildman–Crippen LogP) is 0.468. The summed E-state index contributed by atoms with van der Waals surface area (Å²) < 4.78 is 26.5. The van der Waals surface area contributed by atoms with Crippen LogP contribution in [0.1, 0.15) is 31.2 Å². The van der Waals surface area contributed by atoms with Gasteiger partial charge in [0, 0.05) is 37.2 Å². The highest BCUT2D eigenvalue weighted by Crippen LogP contribution is 2.29. The molecule has 0 spiro atoms. The molecule has 4 rings (SSSR count). The molecule has 1 amide bonds. The molecule has 1 aliphatic carbocycles. The summed E-state index contributed by atoms with van der Waals surface area (Å²) in [5.74, 6) is 0.297. The summed E-state index contributed by atoms with van der Waals surface area (Å²) >= 11 is 0. The van der Waals surface area contributed by atoms with Crippen molar-refractivity contribution < 1.29 is 13.2 Å².